The van der Waals surface area contributed by atoms with Gasteiger partial charge in [-0.3, -0.25) is 10.1 Å². The standard InChI is InChI=1S/C33H33N3O6S/c1-43-27-17-13-24(14-18-27)35-33(39)42-32(23-11-15-25(16-12-23)40-22-21-37)30(41-26-7-3-2-4-8-26)19-20-31(38)36-29-10-6-5-9-28(29)34/h2-20,30,32,37H,21-22,34H2,1H3,(H,35,39)(H,36,38)/b20-19+/t30-,32-/m1/s1. The molecule has 10 heteroatoms. The van der Waals surface area contributed by atoms with Crippen molar-refractivity contribution in [2.75, 3.05) is 35.8 Å². The number of thioether (sulfide) groups is 1. The van der Waals surface area contributed by atoms with Crippen LogP contribution in [0.5, 0.6) is 11.5 Å². The number of carbonyl (C=O) groups excluding carboxylic acids is 2. The van der Waals surface area contributed by atoms with Gasteiger partial charge in [0.05, 0.1) is 18.0 Å². The predicted octanol–water partition coefficient (Wildman–Crippen LogP) is 6.29. The molecule has 0 spiro atoms. The molecule has 0 bridgehead atoms. The summed E-state index contributed by atoms with van der Waals surface area (Å²) in [5.41, 5.74) is 8.01. The maximum Gasteiger partial charge on any atom is 0.412 e. The van der Waals surface area contributed by atoms with Gasteiger partial charge >= 0.3 is 6.09 Å². The second-order valence-corrected chi connectivity index (χ2v) is 10.0. The van der Waals surface area contributed by atoms with E-state index in [-0.39, 0.29) is 13.2 Å². The van der Waals surface area contributed by atoms with Crippen molar-refractivity contribution in [1.82, 2.24) is 0 Å². The molecule has 2 amide bonds. The van der Waals surface area contributed by atoms with Gasteiger partial charge in [0, 0.05) is 16.7 Å². The monoisotopic (exact) mass is 599 g/mol. The van der Waals surface area contributed by atoms with Crippen LogP contribution in [0.25, 0.3) is 0 Å². The summed E-state index contributed by atoms with van der Waals surface area (Å²) in [5, 5.41) is 14.6. The lowest BCUT2D eigenvalue weighted by Crippen LogP contribution is -2.30. The van der Waals surface area contributed by atoms with Gasteiger partial charge in [0.1, 0.15) is 18.1 Å². The number of hydrogen-bond donors (Lipinski definition) is 4. The molecular formula is C33H33N3O6S. The van der Waals surface area contributed by atoms with Crippen LogP contribution < -0.4 is 25.8 Å². The van der Waals surface area contributed by atoms with Crippen LogP contribution in [0.3, 0.4) is 0 Å². The number of amides is 2. The normalized spacial score (nSPS) is 12.2. The number of ether oxygens (including phenoxy) is 3. The molecule has 0 aliphatic heterocycles. The summed E-state index contributed by atoms with van der Waals surface area (Å²) in [5.74, 6) is 0.601. The van der Waals surface area contributed by atoms with Gasteiger partial charge in [0.15, 0.2) is 12.2 Å². The minimum atomic E-state index is -0.983. The maximum atomic E-state index is 13.2. The van der Waals surface area contributed by atoms with Gasteiger partial charge in [-0.25, -0.2) is 4.79 Å². The fraction of sp³-hybridized carbons (Fsp3) is 0.152. The molecule has 9 nitrogen and oxygen atoms in total. The van der Waals surface area contributed by atoms with Crippen LogP contribution >= 0.6 is 11.8 Å². The quantitative estimate of drug-likeness (QED) is 0.0801. The second kappa shape index (κ2) is 15.9. The molecule has 0 radical (unpaired) electrons. The first-order valence-corrected chi connectivity index (χ1v) is 14.7. The number of hydrogen-bond acceptors (Lipinski definition) is 8. The SMILES string of the molecule is CSc1ccc(NC(=O)O[C@H](c2ccc(OCCO)cc2)[C@@H](/C=C/C(=O)Nc2ccccc2N)Oc2ccccc2)cc1. The lowest BCUT2D eigenvalue weighted by molar-refractivity contribution is -0.112. The maximum absolute atomic E-state index is 13.2. The van der Waals surface area contributed by atoms with Crippen molar-refractivity contribution in [3.8, 4) is 11.5 Å². The summed E-state index contributed by atoms with van der Waals surface area (Å²) in [7, 11) is 0. The molecule has 222 valence electrons. The fourth-order valence-corrected chi connectivity index (χ4v) is 4.41. The van der Waals surface area contributed by atoms with E-state index in [0.717, 1.165) is 4.90 Å². The van der Waals surface area contributed by atoms with E-state index in [1.807, 2.05) is 36.6 Å². The highest BCUT2D eigenvalue weighted by molar-refractivity contribution is 7.98. The van der Waals surface area contributed by atoms with Crippen LogP contribution in [-0.2, 0) is 9.53 Å². The highest BCUT2D eigenvalue weighted by Crippen LogP contribution is 2.29. The van der Waals surface area contributed by atoms with E-state index >= 15 is 0 Å². The van der Waals surface area contributed by atoms with Gasteiger partial charge in [-0.2, -0.15) is 0 Å². The molecule has 0 aliphatic carbocycles. The first kappa shape index (κ1) is 31.0. The van der Waals surface area contributed by atoms with E-state index in [1.165, 1.54) is 12.2 Å². The number of rotatable bonds is 13. The summed E-state index contributed by atoms with van der Waals surface area (Å²) in [6.07, 6.45) is 2.20. The van der Waals surface area contributed by atoms with Crippen LogP contribution in [0.1, 0.15) is 11.7 Å². The molecule has 43 heavy (non-hydrogen) atoms. The number of carbonyl (C=O) groups is 2. The van der Waals surface area contributed by atoms with Crippen LogP contribution in [0, 0.1) is 0 Å². The van der Waals surface area contributed by atoms with E-state index in [0.29, 0.717) is 34.1 Å². The van der Waals surface area contributed by atoms with E-state index in [1.54, 1.807) is 84.6 Å². The molecule has 4 aromatic rings. The molecule has 0 saturated heterocycles. The Morgan fingerprint density at radius 1 is 0.884 bits per heavy atom. The minimum Gasteiger partial charge on any atom is -0.491 e. The van der Waals surface area contributed by atoms with E-state index in [2.05, 4.69) is 10.6 Å². The van der Waals surface area contributed by atoms with Crippen LogP contribution in [-0.4, -0.2) is 42.7 Å². The van der Waals surface area contributed by atoms with Crippen LogP contribution in [0.4, 0.5) is 21.9 Å². The summed E-state index contributed by atoms with van der Waals surface area (Å²) in [6.45, 7) is 0.0145. The molecule has 0 aliphatic rings. The van der Waals surface area contributed by atoms with Gasteiger partial charge < -0.3 is 30.4 Å². The minimum absolute atomic E-state index is 0.125. The lowest BCUT2D eigenvalue weighted by Gasteiger charge is -2.26. The number of benzene rings is 4. The first-order chi connectivity index (χ1) is 20.9. The molecule has 0 fully saturated rings. The number of nitrogens with two attached hydrogens (primary N) is 1. The van der Waals surface area contributed by atoms with E-state index < -0.39 is 24.2 Å². The molecule has 0 unspecified atom stereocenters. The third-order valence-electron chi connectivity index (χ3n) is 6.11. The number of nitrogen functional groups attached to an aromatic ring is 1. The van der Waals surface area contributed by atoms with Crippen molar-refractivity contribution in [2.45, 2.75) is 17.1 Å². The van der Waals surface area contributed by atoms with E-state index in [9.17, 15) is 9.59 Å². The second-order valence-electron chi connectivity index (χ2n) is 9.15. The Morgan fingerprint density at radius 2 is 1.58 bits per heavy atom. The topological polar surface area (TPSA) is 132 Å². The van der Waals surface area contributed by atoms with Crippen LogP contribution in [0.15, 0.2) is 120 Å². The largest absolute Gasteiger partial charge is 0.491 e. The van der Waals surface area contributed by atoms with Crippen molar-refractivity contribution >= 4 is 40.8 Å². The average molecular weight is 600 g/mol. The molecule has 0 saturated carbocycles. The third-order valence-corrected chi connectivity index (χ3v) is 6.85. The summed E-state index contributed by atoms with van der Waals surface area (Å²) in [4.78, 5) is 27.1. The van der Waals surface area contributed by atoms with Crippen molar-refractivity contribution in [3.63, 3.8) is 0 Å². The number of anilines is 3. The summed E-state index contributed by atoms with van der Waals surface area (Å²) in [6, 6.07) is 30.2. The Hall–Kier alpha value is -4.93. The van der Waals surface area contributed by atoms with Crippen molar-refractivity contribution in [2.24, 2.45) is 0 Å². The Morgan fingerprint density at radius 3 is 2.26 bits per heavy atom. The Labute approximate surface area is 254 Å². The van der Waals surface area contributed by atoms with Gasteiger partial charge in [-0.15, -0.1) is 11.8 Å². The average Bonchev–Trinajstić information content (AvgIpc) is 3.03. The highest BCUT2D eigenvalue weighted by Gasteiger charge is 2.28. The fourth-order valence-electron chi connectivity index (χ4n) is 4.00. The molecule has 4 rings (SSSR count). The summed E-state index contributed by atoms with van der Waals surface area (Å²) >= 11 is 1.59. The van der Waals surface area contributed by atoms with Gasteiger partial charge in [-0.05, 0) is 78.6 Å². The Balaban J connectivity index is 1.63. The number of aliphatic hydroxyl groups is 1. The van der Waals surface area contributed by atoms with Gasteiger partial charge in [-0.1, -0.05) is 42.5 Å². The Kier molecular flexibility index (Phi) is 11.5. The zero-order valence-electron chi connectivity index (χ0n) is 23.5. The molecule has 5 N–H and O–H groups in total. The highest BCUT2D eigenvalue weighted by atomic mass is 32.2. The van der Waals surface area contributed by atoms with Crippen molar-refractivity contribution in [3.05, 3.63) is 121 Å². The molecular weight excluding hydrogens is 566 g/mol. The van der Waals surface area contributed by atoms with Crippen molar-refractivity contribution < 1.29 is 28.9 Å². The smallest absolute Gasteiger partial charge is 0.412 e. The van der Waals surface area contributed by atoms with Crippen molar-refractivity contribution in [1.29, 1.82) is 0 Å². The zero-order chi connectivity index (χ0) is 30.4. The molecule has 2 atom stereocenters. The van der Waals surface area contributed by atoms with E-state index in [4.69, 9.17) is 25.1 Å². The number of aliphatic hydroxyl groups excluding tert-OH is 1. The zero-order valence-corrected chi connectivity index (χ0v) is 24.3. The molecule has 0 heterocycles. The molecule has 0 aromatic heterocycles. The number of para-hydroxylation sites is 3. The number of nitrogens with one attached hydrogen (secondary N) is 2. The first-order valence-electron chi connectivity index (χ1n) is 13.5. The third kappa shape index (κ3) is 9.56. The van der Waals surface area contributed by atoms with Gasteiger partial charge in [0.25, 0.3) is 0 Å². The predicted molar refractivity (Wildman–Crippen MR) is 170 cm³/mol. The van der Waals surface area contributed by atoms with Crippen LogP contribution in [0.2, 0.25) is 0 Å². The summed E-state index contributed by atoms with van der Waals surface area (Å²) < 4.78 is 17.7. The lowest BCUT2D eigenvalue weighted by atomic mass is 10.0. The van der Waals surface area contributed by atoms with Gasteiger partial charge in [0.2, 0.25) is 5.91 Å². The molecule has 4 aromatic carbocycles. The Bertz CT molecular complexity index is 1500.